The maximum absolute atomic E-state index is 13.8. The zero-order valence-electron chi connectivity index (χ0n) is 21.1. The molecule has 0 radical (unpaired) electrons. The lowest BCUT2D eigenvalue weighted by atomic mass is 10.1. The van der Waals surface area contributed by atoms with Gasteiger partial charge in [0.2, 0.25) is 0 Å². The van der Waals surface area contributed by atoms with E-state index in [0.29, 0.717) is 47.0 Å². The van der Waals surface area contributed by atoms with Crippen LogP contribution in [0.3, 0.4) is 0 Å². The van der Waals surface area contributed by atoms with Crippen LogP contribution in [0.1, 0.15) is 16.8 Å². The van der Waals surface area contributed by atoms with Gasteiger partial charge in [-0.3, -0.25) is 9.48 Å². The summed E-state index contributed by atoms with van der Waals surface area (Å²) in [6.45, 7) is 9.51. The lowest BCUT2D eigenvalue weighted by molar-refractivity contribution is 0.0890. The molecular formula is C25H32FN7O2Si. The number of amides is 1. The normalized spacial score (nSPS) is 16.3. The average Bonchev–Trinajstić information content (AvgIpc) is 3.54. The Labute approximate surface area is 210 Å². The molecule has 0 aliphatic carbocycles. The molecule has 2 N–H and O–H groups in total. The summed E-state index contributed by atoms with van der Waals surface area (Å²) in [5, 5.41) is 11.7. The molecule has 0 bridgehead atoms. The third-order valence-electron chi connectivity index (χ3n) is 6.49. The highest BCUT2D eigenvalue weighted by Crippen LogP contribution is 2.29. The maximum atomic E-state index is 13.8. The number of halogens is 1. The van der Waals surface area contributed by atoms with E-state index < -0.39 is 8.07 Å². The van der Waals surface area contributed by atoms with Gasteiger partial charge in [-0.2, -0.15) is 5.10 Å². The number of fused-ring (bicyclic) bond motifs is 2. The summed E-state index contributed by atoms with van der Waals surface area (Å²) in [5.41, 5.74) is 3.29. The fourth-order valence-corrected chi connectivity index (χ4v) is 5.19. The number of rotatable bonds is 8. The van der Waals surface area contributed by atoms with E-state index in [0.717, 1.165) is 30.9 Å². The Morgan fingerprint density at radius 2 is 2.17 bits per heavy atom. The third kappa shape index (κ3) is 5.04. The number of aromatic nitrogens is 5. The van der Waals surface area contributed by atoms with Crippen molar-refractivity contribution in [2.75, 3.05) is 19.7 Å². The summed E-state index contributed by atoms with van der Waals surface area (Å²) >= 11 is 0. The number of benzene rings is 1. The number of aryl methyl sites for hydroxylation is 1. The molecule has 1 aliphatic heterocycles. The highest BCUT2D eigenvalue weighted by atomic mass is 28.3. The molecule has 5 rings (SSSR count). The van der Waals surface area contributed by atoms with Crippen LogP contribution in [-0.2, 0) is 18.5 Å². The van der Waals surface area contributed by atoms with Gasteiger partial charge in [0.05, 0.1) is 17.3 Å². The van der Waals surface area contributed by atoms with Crippen LogP contribution in [-0.4, -0.2) is 64.0 Å². The molecule has 1 amide bonds. The van der Waals surface area contributed by atoms with Gasteiger partial charge in [0.25, 0.3) is 5.91 Å². The van der Waals surface area contributed by atoms with E-state index in [-0.39, 0.29) is 17.8 Å². The summed E-state index contributed by atoms with van der Waals surface area (Å²) < 4.78 is 23.2. The molecule has 11 heteroatoms. The molecule has 0 unspecified atom stereocenters. The molecule has 3 aromatic heterocycles. The lowest BCUT2D eigenvalue weighted by Gasteiger charge is -2.15. The number of ether oxygens (including phenoxy) is 1. The summed E-state index contributed by atoms with van der Waals surface area (Å²) in [6, 6.07) is 5.67. The molecule has 1 saturated heterocycles. The highest BCUT2D eigenvalue weighted by Gasteiger charge is 2.24. The molecule has 0 saturated carbocycles. The van der Waals surface area contributed by atoms with Crippen molar-refractivity contribution in [2.24, 2.45) is 7.05 Å². The van der Waals surface area contributed by atoms with E-state index in [9.17, 15) is 9.18 Å². The second kappa shape index (κ2) is 9.72. The Morgan fingerprint density at radius 1 is 1.33 bits per heavy atom. The van der Waals surface area contributed by atoms with E-state index in [4.69, 9.17) is 9.72 Å². The molecule has 1 aliphatic rings. The third-order valence-corrected chi connectivity index (χ3v) is 8.19. The fraction of sp³-hybridized carbons (Fsp3) is 0.440. The van der Waals surface area contributed by atoms with E-state index in [1.165, 1.54) is 12.1 Å². The van der Waals surface area contributed by atoms with Crippen LogP contribution < -0.4 is 10.6 Å². The quantitative estimate of drug-likeness (QED) is 0.279. The van der Waals surface area contributed by atoms with Crippen molar-refractivity contribution in [3.63, 3.8) is 0 Å². The minimum atomic E-state index is -1.22. The van der Waals surface area contributed by atoms with Crippen molar-refractivity contribution in [2.45, 2.75) is 44.9 Å². The van der Waals surface area contributed by atoms with Gasteiger partial charge in [-0.15, -0.1) is 0 Å². The van der Waals surface area contributed by atoms with Gasteiger partial charge in [-0.25, -0.2) is 14.4 Å². The predicted molar refractivity (Wildman–Crippen MR) is 140 cm³/mol. The van der Waals surface area contributed by atoms with E-state index >= 15 is 0 Å². The van der Waals surface area contributed by atoms with Crippen LogP contribution in [0.15, 0.2) is 30.6 Å². The van der Waals surface area contributed by atoms with Crippen LogP contribution in [0.2, 0.25) is 25.7 Å². The molecule has 1 aromatic carbocycles. The largest absolute Gasteiger partial charge is 0.361 e. The molecule has 190 valence electrons. The number of hydrogen-bond donors (Lipinski definition) is 2. The Balaban J connectivity index is 1.52. The van der Waals surface area contributed by atoms with Crippen LogP contribution in [0.5, 0.6) is 0 Å². The van der Waals surface area contributed by atoms with Crippen molar-refractivity contribution in [1.29, 1.82) is 0 Å². The topological polar surface area (TPSA) is 98.9 Å². The van der Waals surface area contributed by atoms with Crippen molar-refractivity contribution in [1.82, 2.24) is 34.9 Å². The van der Waals surface area contributed by atoms with Crippen molar-refractivity contribution in [3.05, 3.63) is 42.0 Å². The van der Waals surface area contributed by atoms with Gasteiger partial charge >= 0.3 is 0 Å². The van der Waals surface area contributed by atoms with E-state index in [1.54, 1.807) is 30.2 Å². The predicted octanol–water partition coefficient (Wildman–Crippen LogP) is 3.53. The first-order chi connectivity index (χ1) is 17.2. The number of nitrogens with one attached hydrogen (secondary N) is 2. The van der Waals surface area contributed by atoms with Crippen molar-refractivity contribution in [3.8, 4) is 11.4 Å². The zero-order valence-corrected chi connectivity index (χ0v) is 22.1. The Bertz CT molecular complexity index is 1420. The number of hydrogen-bond acceptors (Lipinski definition) is 6. The molecular weight excluding hydrogens is 477 g/mol. The molecule has 1 atom stereocenters. The van der Waals surface area contributed by atoms with E-state index in [2.05, 4.69) is 40.4 Å². The average molecular weight is 510 g/mol. The monoisotopic (exact) mass is 509 g/mol. The first-order valence-electron chi connectivity index (χ1n) is 12.3. The van der Waals surface area contributed by atoms with Crippen LogP contribution in [0, 0.1) is 5.82 Å². The summed E-state index contributed by atoms with van der Waals surface area (Å²) in [6.07, 6.45) is 4.30. The smallest absolute Gasteiger partial charge is 0.255 e. The maximum Gasteiger partial charge on any atom is 0.255 e. The highest BCUT2D eigenvalue weighted by molar-refractivity contribution is 6.76. The van der Waals surface area contributed by atoms with Gasteiger partial charge in [0.15, 0.2) is 5.65 Å². The SMILES string of the molecule is Cn1nc(-c2cnc3c(n2)c(C(=O)N[C@@H]2CCNC2)cn3COCC[Si](C)(C)C)c2ccc(F)cc21. The molecule has 4 aromatic rings. The molecule has 1 fully saturated rings. The standard InChI is InChI=1S/C25H32FN7O2Si/c1-32-21-11-16(26)5-6-18(21)22(31-32)20-13-28-24-23(30-20)19(25(34)29-17-7-8-27-12-17)14-33(24)15-35-9-10-36(2,3)4/h5-6,11,13-14,17,27H,7-10,12,15H2,1-4H3,(H,29,34)/t17-/m1/s1. The van der Waals surface area contributed by atoms with E-state index in [1.807, 2.05) is 4.57 Å². The molecule has 4 heterocycles. The van der Waals surface area contributed by atoms with Gasteiger partial charge in [0.1, 0.15) is 29.5 Å². The van der Waals surface area contributed by atoms with Crippen molar-refractivity contribution >= 4 is 36.0 Å². The number of carbonyl (C=O) groups is 1. The lowest BCUT2D eigenvalue weighted by Crippen LogP contribution is -2.36. The first-order valence-corrected chi connectivity index (χ1v) is 16.0. The summed E-state index contributed by atoms with van der Waals surface area (Å²) in [5.74, 6) is -0.515. The van der Waals surface area contributed by atoms with Crippen LogP contribution in [0.25, 0.3) is 33.5 Å². The molecule has 9 nitrogen and oxygen atoms in total. The summed E-state index contributed by atoms with van der Waals surface area (Å²) in [7, 11) is 0.547. The minimum absolute atomic E-state index is 0.0784. The van der Waals surface area contributed by atoms with Gasteiger partial charge in [-0.05, 0) is 37.2 Å². The second-order valence-electron chi connectivity index (χ2n) is 10.6. The van der Waals surface area contributed by atoms with Crippen molar-refractivity contribution < 1.29 is 13.9 Å². The minimum Gasteiger partial charge on any atom is -0.361 e. The number of nitrogens with zero attached hydrogens (tertiary/aromatic N) is 5. The van der Waals surface area contributed by atoms with Crippen LogP contribution >= 0.6 is 0 Å². The zero-order chi connectivity index (χ0) is 25.4. The Hall–Kier alpha value is -3.15. The van der Waals surface area contributed by atoms with Crippen LogP contribution in [0.4, 0.5) is 4.39 Å². The van der Waals surface area contributed by atoms with Gasteiger partial charge < -0.3 is 19.9 Å². The number of carbonyl (C=O) groups excluding carboxylic acids is 1. The first kappa shape index (κ1) is 24.5. The summed E-state index contributed by atoms with van der Waals surface area (Å²) in [4.78, 5) is 22.8. The second-order valence-corrected chi connectivity index (χ2v) is 16.2. The molecule has 0 spiro atoms. The Morgan fingerprint density at radius 3 is 2.92 bits per heavy atom. The van der Waals surface area contributed by atoms with Gasteiger partial charge in [0, 0.05) is 45.9 Å². The van der Waals surface area contributed by atoms with Gasteiger partial charge in [-0.1, -0.05) is 19.6 Å². The molecule has 36 heavy (non-hydrogen) atoms. The Kier molecular flexibility index (Phi) is 6.62. The fourth-order valence-electron chi connectivity index (χ4n) is 4.43.